The molecule has 0 spiro atoms. The molecule has 0 atom stereocenters. The molecule has 0 aromatic carbocycles. The molecule has 11 nitrogen and oxygen atoms in total. The van der Waals surface area contributed by atoms with Crippen LogP contribution in [-0.4, -0.2) is 122 Å². The number of nitrogens with zero attached hydrogens (tertiary/aromatic N) is 1. The van der Waals surface area contributed by atoms with Crippen molar-refractivity contribution in [3.8, 4) is 0 Å². The summed E-state index contributed by atoms with van der Waals surface area (Å²) in [5, 5.41) is 6.97. The van der Waals surface area contributed by atoms with E-state index in [1.54, 1.807) is 0 Å². The van der Waals surface area contributed by atoms with Gasteiger partial charge in [0.1, 0.15) is 0 Å². The quantitative estimate of drug-likeness (QED) is 0.0344. The lowest BCUT2D eigenvalue weighted by Crippen LogP contribution is -2.32. The number of unbranched alkanes of at least 4 members (excludes halogenated alkanes) is 30. The van der Waals surface area contributed by atoms with Crippen molar-refractivity contribution in [3.05, 3.63) is 12.3 Å². The van der Waals surface area contributed by atoms with E-state index in [1.165, 1.54) is 186 Å². The number of ether oxygens (including phenoxy) is 6. The number of carbonyl (C=O) groups excluding carboxylic acids is 2. The average molecular weight is 1070 g/mol. The molecule has 0 aromatic rings. The average Bonchev–Trinajstić information content (AvgIpc) is 3.41. The van der Waals surface area contributed by atoms with Gasteiger partial charge < -0.3 is 44.0 Å². The molecule has 0 unspecified atom stereocenters. The Hall–Kier alpha value is -1.76. The number of esters is 2. The van der Waals surface area contributed by atoms with E-state index >= 15 is 0 Å². The van der Waals surface area contributed by atoms with Crippen LogP contribution in [0.25, 0.3) is 0 Å². The zero-order valence-electron chi connectivity index (χ0n) is 50.2. The Kier molecular flexibility index (Phi) is 63.2. The van der Waals surface area contributed by atoms with Crippen molar-refractivity contribution in [2.45, 2.75) is 284 Å². The van der Waals surface area contributed by atoms with Crippen LogP contribution >= 0.6 is 0 Å². The van der Waals surface area contributed by atoms with Gasteiger partial charge in [-0.25, -0.2) is 0 Å². The minimum atomic E-state index is -0.107. The predicted molar refractivity (Wildman–Crippen MR) is 318 cm³/mol. The third-order valence-electron chi connectivity index (χ3n) is 14.2. The highest BCUT2D eigenvalue weighted by atomic mass is 16.5. The van der Waals surface area contributed by atoms with Gasteiger partial charge in [0.2, 0.25) is 0 Å². The molecule has 0 aliphatic carbocycles. The van der Waals surface area contributed by atoms with Crippen molar-refractivity contribution < 1.29 is 38.0 Å². The monoisotopic (exact) mass is 1070 g/mol. The Balaban J connectivity index is 4.19. The van der Waals surface area contributed by atoms with Gasteiger partial charge in [-0.15, -0.1) is 0 Å². The van der Waals surface area contributed by atoms with E-state index in [2.05, 4.69) is 42.9 Å². The van der Waals surface area contributed by atoms with Gasteiger partial charge in [-0.3, -0.25) is 9.59 Å². The van der Waals surface area contributed by atoms with E-state index in [-0.39, 0.29) is 11.9 Å². The molecule has 0 aromatic heterocycles. The lowest BCUT2D eigenvalue weighted by molar-refractivity contribution is -0.144. The fraction of sp³-hybridized carbons (Fsp3) is 0.938. The summed E-state index contributed by atoms with van der Waals surface area (Å²) in [5.74, 6) is 0.625. The summed E-state index contributed by atoms with van der Waals surface area (Å²) in [5.41, 5.74) is 0. The van der Waals surface area contributed by atoms with Crippen molar-refractivity contribution >= 4 is 11.9 Å². The van der Waals surface area contributed by atoms with Crippen molar-refractivity contribution in [2.24, 2.45) is 0 Å². The van der Waals surface area contributed by atoms with Crippen LogP contribution in [0, 0.1) is 0 Å². The number of rotatable bonds is 66. The first-order valence-corrected chi connectivity index (χ1v) is 32.5. The van der Waals surface area contributed by atoms with Crippen LogP contribution in [0.1, 0.15) is 284 Å². The predicted octanol–water partition coefficient (Wildman–Crippen LogP) is 16.2. The van der Waals surface area contributed by atoms with E-state index in [0.29, 0.717) is 39.1 Å². The molecule has 0 heterocycles. The Labute approximate surface area is 465 Å². The van der Waals surface area contributed by atoms with Crippen LogP contribution in [0.5, 0.6) is 0 Å². The highest BCUT2D eigenvalue weighted by Crippen LogP contribution is 2.13. The molecule has 0 saturated heterocycles. The zero-order valence-corrected chi connectivity index (χ0v) is 50.2. The molecule has 75 heavy (non-hydrogen) atoms. The van der Waals surface area contributed by atoms with Crippen LogP contribution < -0.4 is 10.6 Å². The van der Waals surface area contributed by atoms with Crippen LogP contribution in [0.4, 0.5) is 0 Å². The first-order chi connectivity index (χ1) is 37.0. The molecule has 11 heteroatoms. The minimum absolute atomic E-state index is 0.103. The second kappa shape index (κ2) is 64.8. The Morgan fingerprint density at radius 3 is 0.987 bits per heavy atom. The normalized spacial score (nSPS) is 11.5. The molecule has 0 saturated carbocycles. The topological polar surface area (TPSA) is 117 Å². The van der Waals surface area contributed by atoms with Crippen molar-refractivity contribution in [1.29, 1.82) is 0 Å². The Bertz CT molecular complexity index is 1100. The summed E-state index contributed by atoms with van der Waals surface area (Å²) in [4.78, 5) is 27.3. The molecule has 0 amide bonds. The van der Waals surface area contributed by atoms with E-state index in [9.17, 15) is 9.59 Å². The molecular weight excluding hydrogens is 939 g/mol. The maximum absolute atomic E-state index is 12.8. The summed E-state index contributed by atoms with van der Waals surface area (Å²) in [6.45, 7) is 24.0. The van der Waals surface area contributed by atoms with Crippen LogP contribution in [-0.2, 0) is 38.0 Å². The summed E-state index contributed by atoms with van der Waals surface area (Å²) < 4.78 is 34.6. The zero-order chi connectivity index (χ0) is 54.3. The number of hydrogen-bond acceptors (Lipinski definition) is 11. The Morgan fingerprint density at radius 1 is 0.307 bits per heavy atom. The standard InChI is InChI=1S/C64H127N3O8/c1-5-8-11-14-23-32-53-70-56-35-26-17-20-29-38-59-73-62(4)44-51-67(52-45-64(69)75-61-40-31-22-19-28-37-58-72-55-34-25-16-13-10-7-3)50-42-48-65-46-41-47-66-49-43-63(68)74-60-39-30-21-18-27-36-57-71-54-33-24-15-12-9-6-2/h65-66H,4-61H2,1-3H3. The third-order valence-corrected chi connectivity index (χ3v) is 14.2. The van der Waals surface area contributed by atoms with Crippen LogP contribution in [0.15, 0.2) is 12.3 Å². The maximum atomic E-state index is 12.8. The fourth-order valence-corrected chi connectivity index (χ4v) is 9.18. The fourth-order valence-electron chi connectivity index (χ4n) is 9.18. The van der Waals surface area contributed by atoms with E-state index < -0.39 is 0 Å². The molecule has 2 N–H and O–H groups in total. The van der Waals surface area contributed by atoms with Gasteiger partial charge in [-0.2, -0.15) is 0 Å². The highest BCUT2D eigenvalue weighted by Gasteiger charge is 2.11. The van der Waals surface area contributed by atoms with Gasteiger partial charge in [0.05, 0.1) is 38.4 Å². The lowest BCUT2D eigenvalue weighted by Gasteiger charge is -2.22. The molecule has 446 valence electrons. The van der Waals surface area contributed by atoms with E-state index in [4.69, 9.17) is 28.4 Å². The van der Waals surface area contributed by atoms with Gasteiger partial charge in [0.15, 0.2) is 0 Å². The van der Waals surface area contributed by atoms with Gasteiger partial charge in [-0.05, 0) is 96.8 Å². The lowest BCUT2D eigenvalue weighted by atomic mass is 10.1. The van der Waals surface area contributed by atoms with Crippen LogP contribution in [0.2, 0.25) is 0 Å². The van der Waals surface area contributed by atoms with Crippen molar-refractivity contribution in [1.82, 2.24) is 15.5 Å². The molecule has 0 rings (SSSR count). The largest absolute Gasteiger partial charge is 0.499 e. The summed E-state index contributed by atoms with van der Waals surface area (Å²) in [7, 11) is 0. The molecule has 0 radical (unpaired) electrons. The number of hydrogen-bond donors (Lipinski definition) is 2. The molecule has 0 bridgehead atoms. The second-order valence-corrected chi connectivity index (χ2v) is 21.6. The minimum Gasteiger partial charge on any atom is -0.499 e. The molecule has 0 aliphatic heterocycles. The van der Waals surface area contributed by atoms with Crippen LogP contribution in [0.3, 0.4) is 0 Å². The van der Waals surface area contributed by atoms with E-state index in [1.807, 2.05) is 0 Å². The number of carbonyl (C=O) groups is 2. The summed E-state index contributed by atoms with van der Waals surface area (Å²) >= 11 is 0. The highest BCUT2D eigenvalue weighted by molar-refractivity contribution is 5.69. The van der Waals surface area contributed by atoms with Gasteiger partial charge >= 0.3 is 11.9 Å². The summed E-state index contributed by atoms with van der Waals surface area (Å²) in [6.07, 6.45) is 48.0. The smallest absolute Gasteiger partial charge is 0.307 e. The van der Waals surface area contributed by atoms with Gasteiger partial charge in [-0.1, -0.05) is 201 Å². The van der Waals surface area contributed by atoms with Gasteiger partial charge in [0, 0.05) is 65.7 Å². The van der Waals surface area contributed by atoms with Gasteiger partial charge in [0.25, 0.3) is 0 Å². The third kappa shape index (κ3) is 63.0. The SMILES string of the molecule is C=C(CCN(CCCNCCCNCCC(=O)OCCCCCCCCOCCCCCCCC)CCC(=O)OCCCCCCCCOCCCCCCCC)OCCCCCCCCOCCCCCCCC. The second-order valence-electron chi connectivity index (χ2n) is 21.6. The molecule has 0 fully saturated rings. The first-order valence-electron chi connectivity index (χ1n) is 32.5. The Morgan fingerprint density at radius 2 is 0.600 bits per heavy atom. The van der Waals surface area contributed by atoms with Crippen molar-refractivity contribution in [3.63, 3.8) is 0 Å². The summed E-state index contributed by atoms with van der Waals surface area (Å²) in [6, 6.07) is 0. The first kappa shape index (κ1) is 73.2. The van der Waals surface area contributed by atoms with Crippen molar-refractivity contribution in [2.75, 3.05) is 105 Å². The maximum Gasteiger partial charge on any atom is 0.307 e. The molecular formula is C64H127N3O8. The number of nitrogens with one attached hydrogen (secondary N) is 2. The molecule has 0 aliphatic rings. The van der Waals surface area contributed by atoms with E-state index in [0.717, 1.165) is 149 Å².